The van der Waals surface area contributed by atoms with Crippen LogP contribution in [0.4, 0.5) is 0 Å². The largest absolute Gasteiger partial charge is 0.487 e. The number of nitrogens with one attached hydrogen (secondary N) is 3. The zero-order valence-corrected chi connectivity index (χ0v) is 43.2. The molecule has 0 aliphatic carbocycles. The molecule has 1 aliphatic heterocycles. The minimum atomic E-state index is -4.45. The maximum Gasteiger partial charge on any atom is 0.325 e. The average Bonchev–Trinajstić information content (AvgIpc) is 3.22. The summed E-state index contributed by atoms with van der Waals surface area (Å²) in [4.78, 5) is 76.8. The number of hydrogen-bond acceptors (Lipinski definition) is 13. The SMILES string of the molecule is Cc1c(C)c2c(c(C)c1OC(=O)CC(SC[C@H](NC(=O)CC[C@H](N)C(=O)O)C(=O)NCC(=O)OC(C)C)C(=O)NCCS(=O)(=O)O)CCC(C)(CCCC(C)CCCC(C)CCCC(C)C)O2. The first-order chi connectivity index (χ1) is 31.2. The number of thioether (sulfide) groups is 1. The summed E-state index contributed by atoms with van der Waals surface area (Å²) in [6.07, 6.45) is 10.6. The van der Waals surface area contributed by atoms with Crippen molar-refractivity contribution < 1.29 is 61.1 Å². The summed E-state index contributed by atoms with van der Waals surface area (Å²) in [5, 5.41) is 15.1. The number of amides is 3. The van der Waals surface area contributed by atoms with Gasteiger partial charge in [0.15, 0.2) is 0 Å². The standard InChI is InChI=1S/C48H80N4O13S2/c1-29(2)14-11-15-31(5)16-12-17-32(6)18-13-22-48(10)23-21-36-35(9)43(33(7)34(8)44(36)65-48)64-41(54)26-39(46(57)50-24-25-67(60,61)62)66-28-38(45(56)51-27-42(55)63-30(3)4)52-40(53)20-19-37(49)47(58)59/h29-32,37-39H,11-28,49H2,1-10H3,(H,50,57)(H,51,56)(H,52,53)(H,58,59)(H,60,61,62)/t31?,32?,37-,38-,39?,48?/m0/s1. The van der Waals surface area contributed by atoms with E-state index in [9.17, 15) is 41.7 Å². The summed E-state index contributed by atoms with van der Waals surface area (Å²) in [5.41, 5.74) is 8.34. The molecule has 1 heterocycles. The van der Waals surface area contributed by atoms with Crippen LogP contribution in [0.2, 0.25) is 0 Å². The molecular weight excluding hydrogens is 905 g/mol. The Morgan fingerprint density at radius 1 is 0.836 bits per heavy atom. The van der Waals surface area contributed by atoms with Crippen molar-refractivity contribution in [2.75, 3.05) is 24.6 Å². The van der Waals surface area contributed by atoms with E-state index in [1.165, 1.54) is 38.5 Å². The molecule has 7 N–H and O–H groups in total. The van der Waals surface area contributed by atoms with Crippen LogP contribution >= 0.6 is 11.8 Å². The Morgan fingerprint density at radius 2 is 1.45 bits per heavy atom. The molecule has 0 spiro atoms. The van der Waals surface area contributed by atoms with Crippen molar-refractivity contribution in [3.63, 3.8) is 0 Å². The smallest absolute Gasteiger partial charge is 0.325 e. The second-order valence-electron chi connectivity index (χ2n) is 19.4. The van der Waals surface area contributed by atoms with Crippen LogP contribution in [0.3, 0.4) is 0 Å². The van der Waals surface area contributed by atoms with Crippen molar-refractivity contribution >= 4 is 57.5 Å². The maximum atomic E-state index is 13.8. The van der Waals surface area contributed by atoms with Crippen LogP contribution in [0.15, 0.2) is 0 Å². The van der Waals surface area contributed by atoms with Crippen molar-refractivity contribution in [3.05, 3.63) is 22.3 Å². The first-order valence-corrected chi connectivity index (χ1v) is 26.5. The third-order valence-corrected chi connectivity index (χ3v) is 14.3. The van der Waals surface area contributed by atoms with E-state index < -0.39 is 94.4 Å². The summed E-state index contributed by atoms with van der Waals surface area (Å²) < 4.78 is 49.9. The van der Waals surface area contributed by atoms with Crippen molar-refractivity contribution in [2.24, 2.45) is 23.5 Å². The number of benzene rings is 1. The van der Waals surface area contributed by atoms with E-state index in [-0.39, 0.29) is 24.2 Å². The lowest BCUT2D eigenvalue weighted by Gasteiger charge is -2.38. The van der Waals surface area contributed by atoms with Gasteiger partial charge in [-0.25, -0.2) is 0 Å². The molecular formula is C48H80N4O13S2. The number of carbonyl (C=O) groups excluding carboxylic acids is 5. The molecule has 6 atom stereocenters. The Kier molecular flexibility index (Phi) is 25.2. The van der Waals surface area contributed by atoms with E-state index in [1.807, 2.05) is 20.8 Å². The maximum absolute atomic E-state index is 13.8. The van der Waals surface area contributed by atoms with Gasteiger partial charge in [0.2, 0.25) is 17.7 Å². The molecule has 1 aromatic rings. The van der Waals surface area contributed by atoms with Crippen LogP contribution in [0.1, 0.15) is 154 Å². The van der Waals surface area contributed by atoms with Gasteiger partial charge < -0.3 is 41.0 Å². The molecule has 0 aromatic heterocycles. The molecule has 0 fully saturated rings. The Bertz CT molecular complexity index is 1940. The predicted molar refractivity (Wildman–Crippen MR) is 260 cm³/mol. The highest BCUT2D eigenvalue weighted by molar-refractivity contribution is 8.00. The highest BCUT2D eigenvalue weighted by Gasteiger charge is 2.36. The molecule has 17 nitrogen and oxygen atoms in total. The third-order valence-electron chi connectivity index (χ3n) is 12.2. The van der Waals surface area contributed by atoms with E-state index in [0.717, 1.165) is 71.7 Å². The molecule has 0 bridgehead atoms. The first-order valence-electron chi connectivity index (χ1n) is 23.8. The van der Waals surface area contributed by atoms with Gasteiger partial charge in [0, 0.05) is 24.3 Å². The average molecular weight is 985 g/mol. The number of esters is 2. The number of carboxylic acid groups (broad SMARTS) is 1. The second kappa shape index (κ2) is 28.5. The lowest BCUT2D eigenvalue weighted by atomic mass is 9.83. The Hall–Kier alpha value is -3.94. The minimum absolute atomic E-state index is 0.252. The number of carboxylic acids is 1. The summed E-state index contributed by atoms with van der Waals surface area (Å²) in [6.45, 7) is 19.2. The Morgan fingerprint density at radius 3 is 2.03 bits per heavy atom. The number of ether oxygens (including phenoxy) is 3. The zero-order valence-electron chi connectivity index (χ0n) is 41.5. The van der Waals surface area contributed by atoms with Gasteiger partial charge in [-0.2, -0.15) is 8.42 Å². The molecule has 382 valence electrons. The summed E-state index contributed by atoms with van der Waals surface area (Å²) >= 11 is 0.774. The molecule has 67 heavy (non-hydrogen) atoms. The fourth-order valence-electron chi connectivity index (χ4n) is 8.02. The van der Waals surface area contributed by atoms with E-state index in [0.29, 0.717) is 23.7 Å². The second-order valence-corrected chi connectivity index (χ2v) is 22.2. The highest BCUT2D eigenvalue weighted by Crippen LogP contribution is 2.45. The van der Waals surface area contributed by atoms with Gasteiger partial charge in [-0.3, -0.25) is 33.3 Å². The highest BCUT2D eigenvalue weighted by atomic mass is 32.2. The van der Waals surface area contributed by atoms with Gasteiger partial charge in [-0.15, -0.1) is 11.8 Å². The molecule has 0 saturated carbocycles. The van der Waals surface area contributed by atoms with Crippen molar-refractivity contribution in [2.45, 2.75) is 188 Å². The lowest BCUT2D eigenvalue weighted by molar-refractivity contribution is -0.147. The van der Waals surface area contributed by atoms with Crippen LogP contribution in [-0.4, -0.2) is 107 Å². The van der Waals surface area contributed by atoms with E-state index in [1.54, 1.807) is 13.8 Å². The summed E-state index contributed by atoms with van der Waals surface area (Å²) in [5.74, 6) is -3.17. The molecule has 0 saturated heterocycles. The van der Waals surface area contributed by atoms with Gasteiger partial charge in [0.25, 0.3) is 10.1 Å². The molecule has 19 heteroatoms. The molecule has 4 unspecified atom stereocenters. The van der Waals surface area contributed by atoms with Crippen LogP contribution < -0.4 is 31.2 Å². The van der Waals surface area contributed by atoms with E-state index in [2.05, 4.69) is 50.6 Å². The van der Waals surface area contributed by atoms with Crippen molar-refractivity contribution in [1.29, 1.82) is 0 Å². The van der Waals surface area contributed by atoms with Gasteiger partial charge in [0.1, 0.15) is 35.7 Å². The van der Waals surface area contributed by atoms with Crippen molar-refractivity contribution in [3.8, 4) is 11.5 Å². The van der Waals surface area contributed by atoms with Gasteiger partial charge in [-0.1, -0.05) is 72.6 Å². The minimum Gasteiger partial charge on any atom is -0.487 e. The van der Waals surface area contributed by atoms with Crippen molar-refractivity contribution in [1.82, 2.24) is 16.0 Å². The lowest BCUT2D eigenvalue weighted by Crippen LogP contribution is -2.50. The number of fused-ring (bicyclic) bond motifs is 1. The summed E-state index contributed by atoms with van der Waals surface area (Å²) in [7, 11) is -4.45. The monoisotopic (exact) mass is 985 g/mol. The molecule has 3 amide bonds. The van der Waals surface area contributed by atoms with E-state index in [4.69, 9.17) is 25.1 Å². The normalized spacial score (nSPS) is 17.0. The first kappa shape index (κ1) is 59.2. The number of hydrogen-bond donors (Lipinski definition) is 6. The number of nitrogens with two attached hydrogens (primary N) is 1. The number of carbonyl (C=O) groups is 6. The Labute approximate surface area is 403 Å². The number of aliphatic carboxylic acids is 1. The topological polar surface area (TPSA) is 267 Å². The summed E-state index contributed by atoms with van der Waals surface area (Å²) in [6, 6.07) is -2.75. The third kappa shape index (κ3) is 22.4. The van der Waals surface area contributed by atoms with Crippen LogP contribution in [0.5, 0.6) is 11.5 Å². The molecule has 2 rings (SSSR count). The molecule has 1 aliphatic rings. The number of rotatable bonds is 31. The predicted octanol–water partition coefficient (Wildman–Crippen LogP) is 6.28. The zero-order chi connectivity index (χ0) is 50.6. The van der Waals surface area contributed by atoms with Crippen LogP contribution in [0.25, 0.3) is 0 Å². The van der Waals surface area contributed by atoms with Gasteiger partial charge >= 0.3 is 17.9 Å². The molecule has 1 aromatic carbocycles. The quantitative estimate of drug-likeness (QED) is 0.0272. The van der Waals surface area contributed by atoms with E-state index >= 15 is 0 Å². The molecule has 0 radical (unpaired) electrons. The van der Waals surface area contributed by atoms with Crippen LogP contribution in [0, 0.1) is 38.5 Å². The van der Waals surface area contributed by atoms with Gasteiger partial charge in [0.05, 0.1) is 23.5 Å². The fraction of sp³-hybridized carbons (Fsp3) is 0.750. The van der Waals surface area contributed by atoms with Crippen LogP contribution in [-0.2, 0) is 50.0 Å². The van der Waals surface area contributed by atoms with Gasteiger partial charge in [-0.05, 0) is 108 Å². The Balaban J connectivity index is 2.21. The fourth-order valence-corrected chi connectivity index (χ4v) is 9.53.